The van der Waals surface area contributed by atoms with Gasteiger partial charge in [-0.1, -0.05) is 55.5 Å². The van der Waals surface area contributed by atoms with Gasteiger partial charge >= 0.3 is 0 Å². The van der Waals surface area contributed by atoms with Crippen LogP contribution >= 0.6 is 23.2 Å². The van der Waals surface area contributed by atoms with Gasteiger partial charge in [-0.3, -0.25) is 0 Å². The Morgan fingerprint density at radius 2 is 1.95 bits per heavy atom. The van der Waals surface area contributed by atoms with Crippen LogP contribution in [0.1, 0.15) is 44.6 Å². The maximum atomic E-state index is 6.16. The zero-order chi connectivity index (χ0) is 15.2. The molecule has 0 amide bonds. The fourth-order valence-corrected chi connectivity index (χ4v) is 4.17. The molecule has 0 spiro atoms. The normalized spacial score (nSPS) is 26.0. The molecule has 3 unspecified atom stereocenters. The first-order chi connectivity index (χ1) is 10.1. The third-order valence-corrected chi connectivity index (χ3v) is 5.63. The molecule has 1 N–H and O–H groups in total. The van der Waals surface area contributed by atoms with Gasteiger partial charge in [-0.05, 0) is 68.3 Å². The number of hydrogen-bond acceptors (Lipinski definition) is 1. The molecule has 1 saturated carbocycles. The smallest absolute Gasteiger partial charge is 0.0595 e. The lowest BCUT2D eigenvalue weighted by Gasteiger charge is -2.36. The van der Waals surface area contributed by atoms with E-state index in [0.29, 0.717) is 10.0 Å². The van der Waals surface area contributed by atoms with Gasteiger partial charge in [0.05, 0.1) is 10.0 Å². The lowest BCUT2D eigenvalue weighted by Crippen LogP contribution is -2.33. The van der Waals surface area contributed by atoms with E-state index in [1.807, 2.05) is 12.1 Å². The van der Waals surface area contributed by atoms with Gasteiger partial charge in [-0.2, -0.15) is 0 Å². The van der Waals surface area contributed by atoms with Gasteiger partial charge < -0.3 is 5.32 Å². The summed E-state index contributed by atoms with van der Waals surface area (Å²) in [6, 6.07) is 6.11. The molecule has 1 aliphatic carbocycles. The van der Waals surface area contributed by atoms with Crippen LogP contribution in [0.25, 0.3) is 0 Å². The predicted molar refractivity (Wildman–Crippen MR) is 93.3 cm³/mol. The second-order valence-corrected chi connectivity index (χ2v) is 7.31. The highest BCUT2D eigenvalue weighted by molar-refractivity contribution is 6.42. The molecule has 0 heterocycles. The zero-order valence-electron chi connectivity index (χ0n) is 13.2. The summed E-state index contributed by atoms with van der Waals surface area (Å²) in [6.45, 7) is 3.43. The van der Waals surface area contributed by atoms with Gasteiger partial charge in [0.25, 0.3) is 0 Å². The van der Waals surface area contributed by atoms with E-state index in [1.165, 1.54) is 37.7 Å². The molecule has 0 bridgehead atoms. The van der Waals surface area contributed by atoms with E-state index in [2.05, 4.69) is 25.4 Å². The van der Waals surface area contributed by atoms with E-state index in [9.17, 15) is 0 Å². The highest BCUT2D eigenvalue weighted by Gasteiger charge is 2.29. The molecule has 0 saturated heterocycles. The molecule has 1 nitrogen and oxygen atoms in total. The Morgan fingerprint density at radius 1 is 1.14 bits per heavy atom. The lowest BCUT2D eigenvalue weighted by atomic mass is 9.70. The molecular formula is C18H27Cl2N. The van der Waals surface area contributed by atoms with Crippen molar-refractivity contribution in [2.24, 2.45) is 17.8 Å². The molecule has 118 valence electrons. The molecule has 1 aromatic carbocycles. The molecule has 2 rings (SSSR count). The Kier molecular flexibility index (Phi) is 6.85. The van der Waals surface area contributed by atoms with Crippen LogP contribution in [0.5, 0.6) is 0 Å². The van der Waals surface area contributed by atoms with Crippen LogP contribution in [0.15, 0.2) is 18.2 Å². The summed E-state index contributed by atoms with van der Waals surface area (Å²) in [5, 5.41) is 4.71. The van der Waals surface area contributed by atoms with Crippen LogP contribution in [0.3, 0.4) is 0 Å². The van der Waals surface area contributed by atoms with Gasteiger partial charge in [0.1, 0.15) is 0 Å². The molecular weight excluding hydrogens is 301 g/mol. The minimum Gasteiger partial charge on any atom is -0.319 e. The van der Waals surface area contributed by atoms with Crippen LogP contribution in [-0.2, 0) is 6.42 Å². The van der Waals surface area contributed by atoms with Crippen molar-refractivity contribution in [3.8, 4) is 0 Å². The van der Waals surface area contributed by atoms with E-state index >= 15 is 0 Å². The fraction of sp³-hybridized carbons (Fsp3) is 0.667. The quantitative estimate of drug-likeness (QED) is 0.718. The Labute approximate surface area is 139 Å². The van der Waals surface area contributed by atoms with E-state index in [4.69, 9.17) is 23.2 Å². The van der Waals surface area contributed by atoms with Gasteiger partial charge in [-0.15, -0.1) is 0 Å². The highest BCUT2D eigenvalue weighted by atomic mass is 35.5. The summed E-state index contributed by atoms with van der Waals surface area (Å²) in [5.41, 5.74) is 1.33. The van der Waals surface area contributed by atoms with Crippen molar-refractivity contribution >= 4 is 23.2 Å². The summed E-state index contributed by atoms with van der Waals surface area (Å²) in [4.78, 5) is 0. The standard InChI is InChI=1S/C18H27Cl2N/c1-3-4-13-5-7-15(12-21-2)16(9-13)10-14-6-8-17(19)18(20)11-14/h6,8,11,13,15-16,21H,3-5,7,9-10,12H2,1-2H3. The molecule has 3 atom stereocenters. The molecule has 0 radical (unpaired) electrons. The first kappa shape index (κ1) is 17.1. The van der Waals surface area contributed by atoms with Crippen molar-refractivity contribution in [3.05, 3.63) is 33.8 Å². The molecule has 3 heteroatoms. The molecule has 0 aliphatic heterocycles. The second kappa shape index (κ2) is 8.41. The van der Waals surface area contributed by atoms with E-state index in [-0.39, 0.29) is 0 Å². The highest BCUT2D eigenvalue weighted by Crippen LogP contribution is 2.38. The summed E-state index contributed by atoms with van der Waals surface area (Å²) in [6.07, 6.45) is 7.93. The van der Waals surface area contributed by atoms with Gasteiger partial charge in [0.2, 0.25) is 0 Å². The van der Waals surface area contributed by atoms with Crippen molar-refractivity contribution < 1.29 is 0 Å². The van der Waals surface area contributed by atoms with Crippen molar-refractivity contribution in [2.75, 3.05) is 13.6 Å². The first-order valence-electron chi connectivity index (χ1n) is 8.22. The lowest BCUT2D eigenvalue weighted by molar-refractivity contribution is 0.169. The van der Waals surface area contributed by atoms with Gasteiger partial charge in [0, 0.05) is 0 Å². The Hall–Kier alpha value is -0.240. The Balaban J connectivity index is 2.05. The van der Waals surface area contributed by atoms with E-state index < -0.39 is 0 Å². The SMILES string of the molecule is CCCC1CCC(CNC)C(Cc2ccc(Cl)c(Cl)c2)C1. The van der Waals surface area contributed by atoms with Crippen LogP contribution in [0, 0.1) is 17.8 Å². The summed E-state index contributed by atoms with van der Waals surface area (Å²) in [5.74, 6) is 2.47. The summed E-state index contributed by atoms with van der Waals surface area (Å²) < 4.78 is 0. The average Bonchev–Trinajstić information content (AvgIpc) is 2.46. The molecule has 0 aromatic heterocycles. The number of hydrogen-bond donors (Lipinski definition) is 1. The zero-order valence-corrected chi connectivity index (χ0v) is 14.7. The maximum absolute atomic E-state index is 6.16. The Morgan fingerprint density at radius 3 is 2.62 bits per heavy atom. The molecule has 1 aliphatic rings. The molecule has 21 heavy (non-hydrogen) atoms. The number of nitrogens with one attached hydrogen (secondary N) is 1. The predicted octanol–water partition coefficient (Wildman–Crippen LogP) is 5.59. The van der Waals surface area contributed by atoms with Crippen molar-refractivity contribution in [1.82, 2.24) is 5.32 Å². The molecule has 1 aromatic rings. The van der Waals surface area contributed by atoms with Crippen LogP contribution in [0.4, 0.5) is 0 Å². The third kappa shape index (κ3) is 4.87. The van der Waals surface area contributed by atoms with Crippen LogP contribution < -0.4 is 5.32 Å². The van der Waals surface area contributed by atoms with E-state index in [1.54, 1.807) is 0 Å². The minimum absolute atomic E-state index is 0.652. The average molecular weight is 328 g/mol. The fourth-order valence-electron chi connectivity index (χ4n) is 3.84. The number of halogens is 2. The van der Waals surface area contributed by atoms with E-state index in [0.717, 1.165) is 30.7 Å². The van der Waals surface area contributed by atoms with Crippen LogP contribution in [-0.4, -0.2) is 13.6 Å². The van der Waals surface area contributed by atoms with Crippen molar-refractivity contribution in [3.63, 3.8) is 0 Å². The third-order valence-electron chi connectivity index (χ3n) is 4.89. The number of benzene rings is 1. The first-order valence-corrected chi connectivity index (χ1v) is 8.98. The minimum atomic E-state index is 0.652. The number of rotatable bonds is 6. The molecule has 1 fully saturated rings. The Bertz CT molecular complexity index is 447. The summed E-state index contributed by atoms with van der Waals surface area (Å²) in [7, 11) is 2.06. The monoisotopic (exact) mass is 327 g/mol. The summed E-state index contributed by atoms with van der Waals surface area (Å²) >= 11 is 12.2. The van der Waals surface area contributed by atoms with Crippen LogP contribution in [0.2, 0.25) is 10.0 Å². The van der Waals surface area contributed by atoms with Gasteiger partial charge in [0.15, 0.2) is 0 Å². The topological polar surface area (TPSA) is 12.0 Å². The van der Waals surface area contributed by atoms with Crippen molar-refractivity contribution in [1.29, 1.82) is 0 Å². The maximum Gasteiger partial charge on any atom is 0.0595 e. The van der Waals surface area contributed by atoms with Gasteiger partial charge in [-0.25, -0.2) is 0 Å². The second-order valence-electron chi connectivity index (χ2n) is 6.50. The largest absolute Gasteiger partial charge is 0.319 e. The van der Waals surface area contributed by atoms with Crippen molar-refractivity contribution in [2.45, 2.75) is 45.4 Å².